The normalized spacial score (nSPS) is 9.85. The Hall–Kier alpha value is -4.09. The summed E-state index contributed by atoms with van der Waals surface area (Å²) in [6, 6.07) is 5.01. The second-order valence-electron chi connectivity index (χ2n) is 4.73. The fourth-order valence-electron chi connectivity index (χ4n) is 1.89. The Morgan fingerprint density at radius 2 is 1.92 bits per heavy atom. The maximum atomic E-state index is 12.1. The van der Waals surface area contributed by atoms with E-state index in [1.165, 1.54) is 24.3 Å². The van der Waals surface area contributed by atoms with Gasteiger partial charge in [-0.25, -0.2) is 9.97 Å². The van der Waals surface area contributed by atoms with E-state index in [0.29, 0.717) is 0 Å². The largest absolute Gasteiger partial charge is 0.361 e. The number of amides is 1. The zero-order valence-corrected chi connectivity index (χ0v) is 13.2. The lowest BCUT2D eigenvalue weighted by molar-refractivity contribution is -0.384. The molecular weight excluding hydrogens is 346 g/mol. The Labute approximate surface area is 146 Å². The van der Waals surface area contributed by atoms with E-state index < -0.39 is 21.4 Å². The van der Waals surface area contributed by atoms with Crippen LogP contribution < -0.4 is 16.2 Å². The number of carbonyl (C=O) groups excluding carboxylic acids is 1. The van der Waals surface area contributed by atoms with E-state index in [4.69, 9.17) is 0 Å². The van der Waals surface area contributed by atoms with Crippen molar-refractivity contribution >= 4 is 28.9 Å². The van der Waals surface area contributed by atoms with E-state index in [9.17, 15) is 25.0 Å². The molecule has 2 rings (SSSR count). The molecule has 0 bridgehead atoms. The highest BCUT2D eigenvalue weighted by molar-refractivity contribution is 5.95. The number of nitrogens with one attached hydrogen (secondary N) is 3. The van der Waals surface area contributed by atoms with Gasteiger partial charge in [-0.2, -0.15) is 0 Å². The number of non-ortho nitro benzene ring substituents is 1. The van der Waals surface area contributed by atoms with Crippen molar-refractivity contribution in [2.45, 2.75) is 0 Å². The fraction of sp³-hybridized carbons (Fsp3) is 0.0714. The van der Waals surface area contributed by atoms with E-state index in [1.807, 2.05) is 0 Å². The molecule has 1 heterocycles. The molecule has 0 saturated carbocycles. The van der Waals surface area contributed by atoms with Gasteiger partial charge in [-0.3, -0.25) is 35.9 Å². The van der Waals surface area contributed by atoms with Crippen molar-refractivity contribution in [1.29, 1.82) is 0 Å². The third-order valence-electron chi connectivity index (χ3n) is 3.03. The molecule has 0 spiro atoms. The Kier molecular flexibility index (Phi) is 5.71. The predicted octanol–water partition coefficient (Wildman–Crippen LogP) is 1.65. The molecule has 0 aliphatic carbocycles. The average molecular weight is 359 g/mol. The topological polar surface area (TPSA) is 165 Å². The lowest BCUT2D eigenvalue weighted by atomic mass is 10.2. The van der Waals surface area contributed by atoms with Gasteiger partial charge in [-0.1, -0.05) is 12.1 Å². The first-order chi connectivity index (χ1) is 12.4. The van der Waals surface area contributed by atoms with Gasteiger partial charge in [-0.15, -0.1) is 6.58 Å². The molecule has 0 fully saturated rings. The zero-order chi connectivity index (χ0) is 19.1. The van der Waals surface area contributed by atoms with Gasteiger partial charge in [0.1, 0.15) is 6.33 Å². The third-order valence-corrected chi connectivity index (χ3v) is 3.03. The number of carbonyl (C=O) groups is 1. The standard InChI is InChI=1S/C14H13N7O5/c1-2-6-15-12-11(21(25)26)13(17-8-16-12)18-19-14(22)9-4-3-5-10(7-9)20(23)24/h2-5,7-8H,1,6H2,(H,19,22)(H2,15,16,17,18). The van der Waals surface area contributed by atoms with Crippen LogP contribution in [0.4, 0.5) is 23.0 Å². The van der Waals surface area contributed by atoms with Crippen molar-refractivity contribution in [3.8, 4) is 0 Å². The summed E-state index contributed by atoms with van der Waals surface area (Å²) in [6.07, 6.45) is 2.56. The average Bonchev–Trinajstić information content (AvgIpc) is 2.64. The van der Waals surface area contributed by atoms with Crippen LogP contribution in [0.1, 0.15) is 10.4 Å². The van der Waals surface area contributed by atoms with Gasteiger partial charge in [0.25, 0.3) is 11.6 Å². The van der Waals surface area contributed by atoms with Crippen LogP contribution in [-0.4, -0.2) is 32.3 Å². The highest BCUT2D eigenvalue weighted by Crippen LogP contribution is 2.28. The van der Waals surface area contributed by atoms with Gasteiger partial charge in [0.2, 0.25) is 11.6 Å². The lowest BCUT2D eigenvalue weighted by Gasteiger charge is -2.10. The van der Waals surface area contributed by atoms with E-state index in [-0.39, 0.29) is 29.4 Å². The summed E-state index contributed by atoms with van der Waals surface area (Å²) in [5, 5.41) is 24.7. The van der Waals surface area contributed by atoms with Gasteiger partial charge in [-0.05, 0) is 6.07 Å². The number of hydrogen-bond acceptors (Lipinski definition) is 9. The van der Waals surface area contributed by atoms with Crippen molar-refractivity contribution in [2.75, 3.05) is 17.3 Å². The van der Waals surface area contributed by atoms with Crippen molar-refractivity contribution < 1.29 is 14.6 Å². The summed E-state index contributed by atoms with van der Waals surface area (Å²) in [4.78, 5) is 40.3. The van der Waals surface area contributed by atoms with E-state index in [0.717, 1.165) is 12.4 Å². The summed E-state index contributed by atoms with van der Waals surface area (Å²) >= 11 is 0. The molecule has 134 valence electrons. The molecule has 26 heavy (non-hydrogen) atoms. The lowest BCUT2D eigenvalue weighted by Crippen LogP contribution is -2.30. The van der Waals surface area contributed by atoms with Crippen LogP contribution in [0.15, 0.2) is 43.2 Å². The van der Waals surface area contributed by atoms with Crippen molar-refractivity contribution in [3.05, 3.63) is 69.0 Å². The van der Waals surface area contributed by atoms with Crippen LogP contribution in [0, 0.1) is 20.2 Å². The summed E-state index contributed by atoms with van der Waals surface area (Å²) in [7, 11) is 0. The van der Waals surface area contributed by atoms with Crippen LogP contribution >= 0.6 is 0 Å². The Morgan fingerprint density at radius 3 is 2.58 bits per heavy atom. The number of nitro groups is 2. The number of hydrogen-bond donors (Lipinski definition) is 3. The minimum Gasteiger partial charge on any atom is -0.361 e. The van der Waals surface area contributed by atoms with Gasteiger partial charge >= 0.3 is 5.69 Å². The summed E-state index contributed by atoms with van der Waals surface area (Å²) in [5.74, 6) is -1.05. The molecule has 0 aliphatic heterocycles. The minimum absolute atomic E-state index is 0.00610. The smallest absolute Gasteiger partial charge is 0.354 e. The predicted molar refractivity (Wildman–Crippen MR) is 91.6 cm³/mol. The summed E-state index contributed by atoms with van der Waals surface area (Å²) in [5.41, 5.74) is 3.79. The molecule has 0 unspecified atom stereocenters. The van der Waals surface area contributed by atoms with Gasteiger partial charge in [0.15, 0.2) is 0 Å². The Morgan fingerprint density at radius 1 is 1.19 bits per heavy atom. The van der Waals surface area contributed by atoms with Gasteiger partial charge < -0.3 is 5.32 Å². The molecule has 12 heteroatoms. The van der Waals surface area contributed by atoms with Crippen molar-refractivity contribution in [3.63, 3.8) is 0 Å². The van der Waals surface area contributed by atoms with Crippen LogP contribution in [0.25, 0.3) is 0 Å². The van der Waals surface area contributed by atoms with Crippen LogP contribution in [0.5, 0.6) is 0 Å². The van der Waals surface area contributed by atoms with E-state index in [2.05, 4.69) is 32.7 Å². The second kappa shape index (κ2) is 8.14. The molecule has 0 saturated heterocycles. The minimum atomic E-state index is -0.734. The zero-order valence-electron chi connectivity index (χ0n) is 13.2. The van der Waals surface area contributed by atoms with Crippen LogP contribution in [0.2, 0.25) is 0 Å². The number of nitrogens with zero attached hydrogens (tertiary/aromatic N) is 4. The fourth-order valence-corrected chi connectivity index (χ4v) is 1.89. The van der Waals surface area contributed by atoms with E-state index >= 15 is 0 Å². The number of aromatic nitrogens is 2. The van der Waals surface area contributed by atoms with Crippen molar-refractivity contribution in [1.82, 2.24) is 15.4 Å². The number of nitro benzene ring substituents is 1. The molecule has 3 N–H and O–H groups in total. The van der Waals surface area contributed by atoms with E-state index in [1.54, 1.807) is 0 Å². The third kappa shape index (κ3) is 4.25. The maximum absolute atomic E-state index is 12.1. The summed E-state index contributed by atoms with van der Waals surface area (Å²) < 4.78 is 0. The maximum Gasteiger partial charge on any atom is 0.354 e. The molecule has 2 aromatic rings. The number of benzene rings is 1. The first-order valence-corrected chi connectivity index (χ1v) is 7.09. The quantitative estimate of drug-likeness (QED) is 0.361. The Bertz CT molecular complexity index is 871. The highest BCUT2D eigenvalue weighted by Gasteiger charge is 2.23. The second-order valence-corrected chi connectivity index (χ2v) is 4.73. The van der Waals surface area contributed by atoms with Crippen molar-refractivity contribution in [2.24, 2.45) is 0 Å². The molecule has 0 atom stereocenters. The SMILES string of the molecule is C=CCNc1ncnc(NNC(=O)c2cccc([N+](=O)[O-])c2)c1[N+](=O)[O-]. The van der Waals surface area contributed by atoms with Gasteiger partial charge in [0, 0.05) is 24.2 Å². The molecular formula is C14H13N7O5. The summed E-state index contributed by atoms with van der Waals surface area (Å²) in [6.45, 7) is 3.72. The number of rotatable bonds is 8. The molecule has 0 aliphatic rings. The molecule has 1 aromatic heterocycles. The molecule has 0 radical (unpaired) electrons. The molecule has 1 amide bonds. The molecule has 1 aromatic carbocycles. The van der Waals surface area contributed by atoms with Crippen LogP contribution in [-0.2, 0) is 0 Å². The first-order valence-electron chi connectivity index (χ1n) is 7.09. The Balaban J connectivity index is 2.19. The monoisotopic (exact) mass is 359 g/mol. The van der Waals surface area contributed by atoms with Gasteiger partial charge in [0.05, 0.1) is 9.85 Å². The molecule has 12 nitrogen and oxygen atoms in total. The number of hydrazine groups is 1. The highest BCUT2D eigenvalue weighted by atomic mass is 16.6. The van der Waals surface area contributed by atoms with Crippen LogP contribution in [0.3, 0.4) is 0 Å². The number of anilines is 2. The first kappa shape index (κ1) is 18.3.